The Morgan fingerprint density at radius 3 is 2.47 bits per heavy atom. The number of carbonyl (C=O) groups is 1. The first-order chi connectivity index (χ1) is 9.22. The molecule has 0 aliphatic heterocycles. The maximum absolute atomic E-state index is 12.3. The molecule has 0 N–H and O–H groups in total. The second-order valence-corrected chi connectivity index (χ2v) is 7.43. The van der Waals surface area contributed by atoms with E-state index in [1.54, 1.807) is 0 Å². The van der Waals surface area contributed by atoms with Gasteiger partial charge in [-0.25, -0.2) is 0 Å². The van der Waals surface area contributed by atoms with E-state index in [0.29, 0.717) is 18.2 Å². The van der Waals surface area contributed by atoms with Gasteiger partial charge >= 0.3 is 0 Å². The highest BCUT2D eigenvalue weighted by molar-refractivity contribution is 5.83. The normalized spacial score (nSPS) is 35.2. The molecule has 19 heavy (non-hydrogen) atoms. The molecule has 108 valence electrons. The molecule has 0 spiro atoms. The zero-order chi connectivity index (χ0) is 13.2. The molecule has 0 aromatic heterocycles. The topological polar surface area (TPSA) is 20.3 Å². The number of hydrogen-bond acceptors (Lipinski definition) is 2. The van der Waals surface area contributed by atoms with Crippen LogP contribution in [0.3, 0.4) is 0 Å². The lowest BCUT2D eigenvalue weighted by Crippen LogP contribution is -2.35. The smallest absolute Gasteiger partial charge is 0.149 e. The van der Waals surface area contributed by atoms with Gasteiger partial charge in [0.15, 0.2) is 0 Å². The van der Waals surface area contributed by atoms with Crippen LogP contribution in [0.4, 0.5) is 0 Å². The molecule has 0 amide bonds. The predicted octanol–water partition coefficient (Wildman–Crippen LogP) is 3.50. The van der Waals surface area contributed by atoms with E-state index in [9.17, 15) is 4.79 Å². The summed E-state index contributed by atoms with van der Waals surface area (Å²) in [6, 6.07) is 0. The van der Waals surface area contributed by atoms with Crippen molar-refractivity contribution in [3.05, 3.63) is 0 Å². The van der Waals surface area contributed by atoms with E-state index in [1.165, 1.54) is 51.5 Å². The summed E-state index contributed by atoms with van der Waals surface area (Å²) in [5.74, 6) is 3.80. The summed E-state index contributed by atoms with van der Waals surface area (Å²) in [5.41, 5.74) is 0. The van der Waals surface area contributed by atoms with Crippen LogP contribution in [0.1, 0.15) is 57.8 Å². The van der Waals surface area contributed by atoms with E-state index in [4.69, 9.17) is 0 Å². The van der Waals surface area contributed by atoms with Crippen molar-refractivity contribution in [2.24, 2.45) is 23.7 Å². The Morgan fingerprint density at radius 2 is 1.84 bits per heavy atom. The Bertz CT molecular complexity index is 321. The van der Waals surface area contributed by atoms with Crippen molar-refractivity contribution in [3.8, 4) is 0 Å². The molecule has 0 radical (unpaired) electrons. The molecule has 2 nitrogen and oxygen atoms in total. The summed E-state index contributed by atoms with van der Waals surface area (Å²) in [4.78, 5) is 14.6. The molecule has 0 saturated heterocycles. The fourth-order valence-electron chi connectivity index (χ4n) is 4.88. The number of carbonyl (C=O) groups excluding carboxylic acids is 1. The third-order valence-electron chi connectivity index (χ3n) is 5.92. The maximum Gasteiger partial charge on any atom is 0.149 e. The molecule has 3 fully saturated rings. The number of nitrogens with zero attached hydrogens (tertiary/aromatic N) is 1. The lowest BCUT2D eigenvalue weighted by atomic mass is 9.85. The highest BCUT2D eigenvalue weighted by atomic mass is 16.1. The van der Waals surface area contributed by atoms with Crippen molar-refractivity contribution in [2.45, 2.75) is 57.8 Å². The van der Waals surface area contributed by atoms with Crippen LogP contribution in [-0.4, -0.2) is 30.8 Å². The van der Waals surface area contributed by atoms with Gasteiger partial charge in [-0.3, -0.25) is 9.69 Å². The van der Waals surface area contributed by atoms with Crippen molar-refractivity contribution in [3.63, 3.8) is 0 Å². The van der Waals surface area contributed by atoms with Crippen LogP contribution in [0.2, 0.25) is 0 Å². The molecular weight excluding hydrogens is 234 g/mol. The van der Waals surface area contributed by atoms with Gasteiger partial charge in [0, 0.05) is 12.5 Å². The lowest BCUT2D eigenvalue weighted by Gasteiger charge is -2.28. The Kier molecular flexibility index (Phi) is 4.26. The first-order valence-electron chi connectivity index (χ1n) is 8.43. The summed E-state index contributed by atoms with van der Waals surface area (Å²) < 4.78 is 0. The number of fused-ring (bicyclic) bond motifs is 2. The monoisotopic (exact) mass is 263 g/mol. The van der Waals surface area contributed by atoms with Gasteiger partial charge in [0.1, 0.15) is 5.78 Å². The van der Waals surface area contributed by atoms with Crippen LogP contribution in [0.15, 0.2) is 0 Å². The molecule has 2 bridgehead atoms. The average Bonchev–Trinajstić information content (AvgIpc) is 3.02. The van der Waals surface area contributed by atoms with Gasteiger partial charge in [-0.15, -0.1) is 0 Å². The molecule has 2 heteroatoms. The third-order valence-corrected chi connectivity index (χ3v) is 5.92. The Balaban J connectivity index is 1.43. The van der Waals surface area contributed by atoms with Gasteiger partial charge in [0.05, 0.1) is 6.54 Å². The zero-order valence-electron chi connectivity index (χ0n) is 12.4. The van der Waals surface area contributed by atoms with Crippen molar-refractivity contribution >= 4 is 5.78 Å². The van der Waals surface area contributed by atoms with Crippen LogP contribution >= 0.6 is 0 Å². The third kappa shape index (κ3) is 3.21. The summed E-state index contributed by atoms with van der Waals surface area (Å²) in [6.07, 6.45) is 12.0. The van der Waals surface area contributed by atoms with E-state index < -0.39 is 0 Å². The fraction of sp³-hybridized carbons (Fsp3) is 0.941. The minimum atomic E-state index is 0.385. The minimum Gasteiger partial charge on any atom is -0.299 e. The van der Waals surface area contributed by atoms with E-state index >= 15 is 0 Å². The zero-order valence-corrected chi connectivity index (χ0v) is 12.4. The van der Waals surface area contributed by atoms with E-state index in [2.05, 4.69) is 11.9 Å². The van der Waals surface area contributed by atoms with E-state index in [1.807, 2.05) is 0 Å². The minimum absolute atomic E-state index is 0.385. The Labute approximate surface area is 117 Å². The van der Waals surface area contributed by atoms with Gasteiger partial charge in [0.25, 0.3) is 0 Å². The van der Waals surface area contributed by atoms with E-state index in [-0.39, 0.29) is 0 Å². The van der Waals surface area contributed by atoms with Crippen LogP contribution in [-0.2, 0) is 4.79 Å². The van der Waals surface area contributed by atoms with Crippen molar-refractivity contribution in [2.75, 3.05) is 20.1 Å². The van der Waals surface area contributed by atoms with Crippen LogP contribution in [0, 0.1) is 23.7 Å². The second-order valence-electron chi connectivity index (χ2n) is 7.43. The van der Waals surface area contributed by atoms with E-state index in [0.717, 1.165) is 30.6 Å². The molecule has 3 aliphatic rings. The Hall–Kier alpha value is -0.370. The number of Topliss-reactive ketones (excluding diaryl/α,β-unsaturated/α-hetero) is 1. The van der Waals surface area contributed by atoms with Crippen LogP contribution < -0.4 is 0 Å². The first-order valence-corrected chi connectivity index (χ1v) is 8.43. The number of ketones is 1. The SMILES string of the molecule is CN(CC(=O)C1CCCCC1)CC1CC2CCC1C2. The maximum atomic E-state index is 12.3. The predicted molar refractivity (Wildman–Crippen MR) is 78.0 cm³/mol. The van der Waals surface area contributed by atoms with Gasteiger partial charge in [0.2, 0.25) is 0 Å². The van der Waals surface area contributed by atoms with Gasteiger partial charge < -0.3 is 0 Å². The molecule has 3 aliphatic carbocycles. The fourth-order valence-corrected chi connectivity index (χ4v) is 4.88. The highest BCUT2D eigenvalue weighted by Crippen LogP contribution is 2.48. The largest absolute Gasteiger partial charge is 0.299 e. The van der Waals surface area contributed by atoms with Gasteiger partial charge in [-0.1, -0.05) is 25.7 Å². The standard InChI is InChI=1S/C17H29NO/c1-18(11-16-10-13-7-8-15(16)9-13)12-17(19)14-5-3-2-4-6-14/h13-16H,2-12H2,1H3. The average molecular weight is 263 g/mol. The molecule has 3 unspecified atom stereocenters. The molecular formula is C17H29NO. The van der Waals surface area contributed by atoms with Crippen molar-refractivity contribution < 1.29 is 4.79 Å². The summed E-state index contributed by atoms with van der Waals surface area (Å²) >= 11 is 0. The van der Waals surface area contributed by atoms with Crippen LogP contribution in [0.25, 0.3) is 0 Å². The number of likely N-dealkylation sites (N-methyl/N-ethyl adjacent to an activating group) is 1. The lowest BCUT2D eigenvalue weighted by molar-refractivity contribution is -0.124. The van der Waals surface area contributed by atoms with Crippen molar-refractivity contribution in [1.82, 2.24) is 4.90 Å². The van der Waals surface area contributed by atoms with Gasteiger partial charge in [-0.2, -0.15) is 0 Å². The molecule has 3 atom stereocenters. The first kappa shape index (κ1) is 13.6. The van der Waals surface area contributed by atoms with Gasteiger partial charge in [-0.05, 0) is 56.9 Å². The highest BCUT2D eigenvalue weighted by Gasteiger charge is 2.39. The molecule has 0 aromatic rings. The molecule has 3 saturated carbocycles. The molecule has 3 rings (SSSR count). The van der Waals surface area contributed by atoms with Crippen molar-refractivity contribution in [1.29, 1.82) is 0 Å². The van der Waals surface area contributed by atoms with Crippen LogP contribution in [0.5, 0.6) is 0 Å². The Morgan fingerprint density at radius 1 is 1.05 bits per heavy atom. The molecule has 0 aromatic carbocycles. The number of hydrogen-bond donors (Lipinski definition) is 0. The summed E-state index contributed by atoms with van der Waals surface area (Å²) in [5, 5.41) is 0. The molecule has 0 heterocycles. The summed E-state index contributed by atoms with van der Waals surface area (Å²) in [7, 11) is 2.16. The quantitative estimate of drug-likeness (QED) is 0.756. The summed E-state index contributed by atoms with van der Waals surface area (Å²) in [6.45, 7) is 1.87. The number of rotatable bonds is 5. The second kappa shape index (κ2) is 5.95.